The normalized spacial score (nSPS) is 45.7. The Morgan fingerprint density at radius 1 is 0.950 bits per heavy atom. The summed E-state index contributed by atoms with van der Waals surface area (Å²) in [6, 6.07) is 0. The van der Waals surface area contributed by atoms with Gasteiger partial charge in [-0.1, -0.05) is 0 Å². The molecule has 3 aliphatic rings. The van der Waals surface area contributed by atoms with E-state index in [4.69, 9.17) is 69.6 Å². The van der Waals surface area contributed by atoms with Gasteiger partial charge < -0.3 is 0 Å². The maximum atomic E-state index is 12.5. The van der Waals surface area contributed by atoms with E-state index in [-0.39, 0.29) is 36.2 Å². The van der Waals surface area contributed by atoms with Crippen LogP contribution in [0.25, 0.3) is 0 Å². The van der Waals surface area contributed by atoms with Gasteiger partial charge in [0.1, 0.15) is 0 Å². The van der Waals surface area contributed by atoms with Crippen LogP contribution in [0.2, 0.25) is 0 Å². The van der Waals surface area contributed by atoms with Crippen LogP contribution < -0.4 is 0 Å². The summed E-state index contributed by atoms with van der Waals surface area (Å²) in [5, 5.41) is -0.105. The molecule has 0 spiro atoms. The molecule has 10 heteroatoms. The van der Waals surface area contributed by atoms with E-state index < -0.39 is 37.7 Å². The van der Waals surface area contributed by atoms with E-state index >= 15 is 0 Å². The van der Waals surface area contributed by atoms with E-state index in [1.165, 1.54) is 0 Å². The monoisotopic (exact) mass is 582 g/mol. The number of hydrogen-bond acceptors (Lipinski definition) is 2. The van der Waals surface area contributed by atoms with E-state index in [1.54, 1.807) is 0 Å². The Hall–Kier alpha value is 1.56. The van der Waals surface area contributed by atoms with Crippen LogP contribution in [0.5, 0.6) is 0 Å². The number of alkyl halides is 4. The number of imide groups is 1. The van der Waals surface area contributed by atoms with Gasteiger partial charge in [-0.15, -0.1) is 0 Å². The third-order valence-electron chi connectivity index (χ3n) is 4.22. The van der Waals surface area contributed by atoms with Crippen LogP contribution in [-0.4, -0.2) is 34.8 Å². The number of allylic oxidation sites excluding steroid dienone is 2. The number of fused-ring (bicyclic) bond motifs is 5. The number of carbonyl (C=O) groups is 2. The molecule has 2 aliphatic carbocycles. The second-order valence-corrected chi connectivity index (χ2v) is 9.92. The summed E-state index contributed by atoms with van der Waals surface area (Å²) >= 11 is 38.1. The molecule has 2 fully saturated rings. The summed E-state index contributed by atoms with van der Waals surface area (Å²) in [6.07, 6.45) is 0. The SMILES string of the molecule is O=C1C2C(C(=O)N1[CH2][Hg+])C1(Cl)C(Cl)=C(Cl)C2(Cl)C1(Cl)Cl. The van der Waals surface area contributed by atoms with Crippen molar-refractivity contribution in [3.63, 3.8) is 0 Å². The Labute approximate surface area is 160 Å². The Bertz CT molecular complexity index is 548. The number of nitrogens with zero attached hydrogens (tertiary/aromatic N) is 1. The Morgan fingerprint density at radius 2 is 1.30 bits per heavy atom. The van der Waals surface area contributed by atoms with Crippen molar-refractivity contribution >= 4 is 81.4 Å². The van der Waals surface area contributed by atoms with Crippen LogP contribution in [0.1, 0.15) is 0 Å². The summed E-state index contributed by atoms with van der Waals surface area (Å²) in [5.41, 5.74) is 0. The molecule has 1 aliphatic heterocycles. The average molecular weight is 583 g/mol. The first-order valence-corrected chi connectivity index (χ1v) is 11.7. The second kappa shape index (κ2) is 4.55. The summed E-state index contributed by atoms with van der Waals surface area (Å²) in [4.78, 5) is 22.7. The Kier molecular flexibility index (Phi) is 3.74. The number of amides is 2. The summed E-state index contributed by atoms with van der Waals surface area (Å²) in [6.45, 7) is 0. The third-order valence-corrected chi connectivity index (χ3v) is 10.2. The first kappa shape index (κ1) is 16.4. The zero-order valence-corrected chi connectivity index (χ0v) is 19.6. The molecule has 4 atom stereocenters. The molecule has 2 amide bonds. The molecule has 0 aromatic rings. The van der Waals surface area contributed by atoms with Gasteiger partial charge in [-0.05, 0) is 0 Å². The fourth-order valence-corrected chi connectivity index (χ4v) is 7.92. The minimum atomic E-state index is -1.83. The average Bonchev–Trinajstić information content (AvgIpc) is 2.75. The first-order valence-electron chi connectivity index (χ1n) is 5.54. The molecule has 3 nitrogen and oxygen atoms in total. The van der Waals surface area contributed by atoms with Crippen LogP contribution >= 0.6 is 69.6 Å². The molecule has 2 bridgehead atoms. The van der Waals surface area contributed by atoms with Crippen LogP contribution in [0.3, 0.4) is 0 Å². The number of carbonyl (C=O) groups excluding carboxylic acids is 2. The zero-order valence-electron chi connectivity index (χ0n) is 9.60. The topological polar surface area (TPSA) is 37.4 Å². The van der Waals surface area contributed by atoms with Gasteiger partial charge in [0.05, 0.1) is 0 Å². The van der Waals surface area contributed by atoms with Gasteiger partial charge in [-0.2, -0.15) is 0 Å². The fourth-order valence-electron chi connectivity index (χ4n) is 3.27. The van der Waals surface area contributed by atoms with E-state index in [2.05, 4.69) is 0 Å². The molecule has 4 unspecified atom stereocenters. The van der Waals surface area contributed by atoms with Crippen molar-refractivity contribution in [1.29, 1.82) is 0 Å². The quantitative estimate of drug-likeness (QED) is 0.271. The number of halogens is 6. The molecule has 0 aromatic carbocycles. The van der Waals surface area contributed by atoms with E-state index in [9.17, 15) is 9.59 Å². The number of rotatable bonds is 1. The molecule has 20 heavy (non-hydrogen) atoms. The fraction of sp³-hybridized carbons (Fsp3) is 0.600. The van der Waals surface area contributed by atoms with E-state index in [1.807, 2.05) is 0 Å². The molecule has 0 N–H and O–H groups in total. The Balaban J connectivity index is 2.31. The van der Waals surface area contributed by atoms with Crippen molar-refractivity contribution in [3.8, 4) is 0 Å². The van der Waals surface area contributed by atoms with Crippen LogP contribution in [0.4, 0.5) is 0 Å². The van der Waals surface area contributed by atoms with Gasteiger partial charge in [0.2, 0.25) is 0 Å². The maximum absolute atomic E-state index is 12.5. The summed E-state index contributed by atoms with van der Waals surface area (Å²) in [7, 11) is 0. The van der Waals surface area contributed by atoms with Crippen LogP contribution in [0, 0.1) is 11.8 Å². The molecule has 1 saturated heterocycles. The van der Waals surface area contributed by atoms with Crippen LogP contribution in [-0.2, 0) is 35.7 Å². The number of hydrogen-bond donors (Lipinski definition) is 0. The summed E-state index contributed by atoms with van der Waals surface area (Å²) < 4.78 is -1.43. The predicted molar refractivity (Wildman–Crippen MR) is 74.0 cm³/mol. The standard InChI is InChI=1S/C10H4Cl6NO2.Hg/c1-17-6(18)2-3(7(17)19)9(14)5(12)4(11)8(2,13)10(9,15)16;/h2-3H,1H2;/q;+1. The molecule has 1 saturated carbocycles. The van der Waals surface area contributed by atoms with E-state index in [0.29, 0.717) is 4.05 Å². The van der Waals surface area contributed by atoms with Crippen molar-refractivity contribution in [3.05, 3.63) is 10.1 Å². The van der Waals surface area contributed by atoms with Crippen molar-refractivity contribution in [2.75, 3.05) is 4.05 Å². The van der Waals surface area contributed by atoms with Crippen molar-refractivity contribution in [2.45, 2.75) is 14.1 Å². The van der Waals surface area contributed by atoms with Crippen molar-refractivity contribution in [2.24, 2.45) is 11.8 Å². The van der Waals surface area contributed by atoms with Crippen molar-refractivity contribution < 1.29 is 35.7 Å². The van der Waals surface area contributed by atoms with Crippen LogP contribution in [0.15, 0.2) is 10.1 Å². The van der Waals surface area contributed by atoms with Gasteiger partial charge in [0.25, 0.3) is 0 Å². The zero-order chi connectivity index (χ0) is 15.2. The van der Waals surface area contributed by atoms with Gasteiger partial charge in [0.15, 0.2) is 0 Å². The molecule has 0 radical (unpaired) electrons. The first-order chi connectivity index (χ1) is 9.08. The molecular formula is C10H4Cl6HgNO2+. The van der Waals surface area contributed by atoms with Gasteiger partial charge in [0, 0.05) is 0 Å². The molecule has 0 aromatic heterocycles. The molecule has 104 valence electrons. The van der Waals surface area contributed by atoms with Gasteiger partial charge in [-0.3, -0.25) is 0 Å². The Morgan fingerprint density at radius 3 is 1.60 bits per heavy atom. The second-order valence-electron chi connectivity index (χ2n) is 4.91. The number of likely N-dealkylation sites (tertiary alicyclic amines) is 1. The third kappa shape index (κ3) is 1.39. The molecule has 1 heterocycles. The van der Waals surface area contributed by atoms with E-state index in [0.717, 1.165) is 4.90 Å². The van der Waals surface area contributed by atoms with Gasteiger partial charge in [-0.25, -0.2) is 0 Å². The van der Waals surface area contributed by atoms with Crippen molar-refractivity contribution in [1.82, 2.24) is 4.90 Å². The predicted octanol–water partition coefficient (Wildman–Crippen LogP) is 2.94. The molecular weight excluding hydrogens is 579 g/mol. The summed E-state index contributed by atoms with van der Waals surface area (Å²) in [5.74, 6) is -2.83. The minimum absolute atomic E-state index is 0.0525. The van der Waals surface area contributed by atoms with Gasteiger partial charge >= 0.3 is 162 Å². The molecule has 3 rings (SSSR count).